The van der Waals surface area contributed by atoms with Gasteiger partial charge in [-0.15, -0.1) is 0 Å². The minimum Gasteiger partial charge on any atom is -0.497 e. The molecule has 3 fully saturated rings. The molecule has 224 valence electrons. The number of ether oxygens (including phenoxy) is 1. The molecule has 8 nitrogen and oxygen atoms in total. The maximum Gasteiger partial charge on any atom is 0.243 e. The first-order valence-electron chi connectivity index (χ1n) is 15.2. The average molecular weight is 584 g/mol. The highest BCUT2D eigenvalue weighted by Gasteiger charge is 2.47. The zero-order valence-electron chi connectivity index (χ0n) is 24.2. The smallest absolute Gasteiger partial charge is 0.243 e. The van der Waals surface area contributed by atoms with E-state index in [0.717, 1.165) is 63.4 Å². The number of aliphatic hydroxyl groups excluding tert-OH is 1. The predicted molar refractivity (Wildman–Crippen MR) is 159 cm³/mol. The van der Waals surface area contributed by atoms with Crippen molar-refractivity contribution < 1.29 is 23.1 Å². The van der Waals surface area contributed by atoms with Crippen LogP contribution >= 0.6 is 0 Å². The van der Waals surface area contributed by atoms with Gasteiger partial charge >= 0.3 is 0 Å². The fraction of sp³-hybridized carbons (Fsp3) is 0.594. The van der Waals surface area contributed by atoms with E-state index in [4.69, 9.17) is 4.74 Å². The number of amides is 1. The maximum absolute atomic E-state index is 14.1. The monoisotopic (exact) mass is 583 g/mol. The van der Waals surface area contributed by atoms with Gasteiger partial charge in [0.25, 0.3) is 0 Å². The molecule has 1 aliphatic heterocycles. The van der Waals surface area contributed by atoms with Crippen molar-refractivity contribution in [3.63, 3.8) is 0 Å². The number of β-amino-alcohol motifs (C(OH)–C–C–N with tert-alkyl or cyclic N) is 1. The Balaban J connectivity index is 1.37. The first-order valence-corrected chi connectivity index (χ1v) is 16.7. The van der Waals surface area contributed by atoms with Crippen molar-refractivity contribution in [3.05, 3.63) is 60.2 Å². The molecule has 1 spiro atoms. The minimum atomic E-state index is -3.85. The van der Waals surface area contributed by atoms with Gasteiger partial charge in [0.15, 0.2) is 0 Å². The van der Waals surface area contributed by atoms with E-state index in [9.17, 15) is 18.3 Å². The third-order valence-corrected chi connectivity index (χ3v) is 11.1. The Bertz CT molecular complexity index is 1240. The fourth-order valence-electron chi connectivity index (χ4n) is 6.95. The van der Waals surface area contributed by atoms with Crippen LogP contribution in [-0.4, -0.2) is 79.6 Å². The zero-order valence-corrected chi connectivity index (χ0v) is 25.0. The molecule has 2 aliphatic carbocycles. The van der Waals surface area contributed by atoms with E-state index in [1.165, 1.54) is 4.31 Å². The van der Waals surface area contributed by atoms with E-state index in [-0.39, 0.29) is 35.9 Å². The maximum atomic E-state index is 14.1. The summed E-state index contributed by atoms with van der Waals surface area (Å²) >= 11 is 0. The number of rotatable bonds is 11. The Morgan fingerprint density at radius 3 is 2.37 bits per heavy atom. The molecule has 0 unspecified atom stereocenters. The Morgan fingerprint density at radius 2 is 1.71 bits per heavy atom. The van der Waals surface area contributed by atoms with Crippen molar-refractivity contribution in [1.29, 1.82) is 0 Å². The van der Waals surface area contributed by atoms with E-state index in [0.29, 0.717) is 25.3 Å². The summed E-state index contributed by atoms with van der Waals surface area (Å²) in [6.45, 7) is 1.09. The molecule has 2 atom stereocenters. The predicted octanol–water partition coefficient (Wildman–Crippen LogP) is 3.98. The first-order chi connectivity index (χ1) is 19.8. The van der Waals surface area contributed by atoms with E-state index in [2.05, 4.69) is 17.4 Å². The SMILES string of the molecule is COc1ccc(S(=O)(=O)N(CC2CCCC2)C[C@H](O)CN2C(=O)C3(CCCCC3)NC[C@H]2Cc2ccccc2)cc1. The Hall–Kier alpha value is -2.46. The first kappa shape index (κ1) is 30.0. The number of nitrogens with zero attached hydrogens (tertiary/aromatic N) is 2. The van der Waals surface area contributed by atoms with Gasteiger partial charge in [0, 0.05) is 32.2 Å². The van der Waals surface area contributed by atoms with Crippen LogP contribution in [0.5, 0.6) is 5.75 Å². The number of hydrogen-bond donors (Lipinski definition) is 2. The highest BCUT2D eigenvalue weighted by Crippen LogP contribution is 2.34. The molecule has 0 aromatic heterocycles. The molecule has 2 N–H and O–H groups in total. The molecule has 1 amide bonds. The van der Waals surface area contributed by atoms with E-state index >= 15 is 0 Å². The summed E-state index contributed by atoms with van der Waals surface area (Å²) in [6.07, 6.45) is 8.60. The van der Waals surface area contributed by atoms with Crippen LogP contribution in [-0.2, 0) is 21.2 Å². The van der Waals surface area contributed by atoms with E-state index in [1.807, 2.05) is 23.1 Å². The second-order valence-electron chi connectivity index (χ2n) is 12.1. The number of carbonyl (C=O) groups is 1. The van der Waals surface area contributed by atoms with E-state index in [1.54, 1.807) is 31.4 Å². The summed E-state index contributed by atoms with van der Waals surface area (Å²) in [5.41, 5.74) is 0.556. The number of piperazine rings is 1. The summed E-state index contributed by atoms with van der Waals surface area (Å²) in [7, 11) is -2.30. The lowest BCUT2D eigenvalue weighted by molar-refractivity contribution is -0.148. The van der Waals surface area contributed by atoms with E-state index < -0.39 is 21.7 Å². The number of carbonyl (C=O) groups excluding carboxylic acids is 1. The third kappa shape index (κ3) is 6.96. The molecule has 5 rings (SSSR count). The number of aliphatic hydroxyl groups is 1. The van der Waals surface area contributed by atoms with Gasteiger partial charge in [-0.05, 0) is 67.9 Å². The lowest BCUT2D eigenvalue weighted by Gasteiger charge is -2.49. The number of hydrogen-bond acceptors (Lipinski definition) is 6. The van der Waals surface area contributed by atoms with Crippen LogP contribution in [0.25, 0.3) is 0 Å². The quantitative estimate of drug-likeness (QED) is 0.415. The van der Waals surface area contributed by atoms with Crippen molar-refractivity contribution in [3.8, 4) is 5.75 Å². The lowest BCUT2D eigenvalue weighted by Crippen LogP contribution is -2.69. The topological polar surface area (TPSA) is 99.2 Å². The largest absolute Gasteiger partial charge is 0.497 e. The van der Waals surface area contributed by atoms with Crippen LogP contribution in [0.15, 0.2) is 59.5 Å². The van der Waals surface area contributed by atoms with Crippen molar-refractivity contribution in [2.24, 2.45) is 5.92 Å². The second kappa shape index (κ2) is 13.2. The van der Waals surface area contributed by atoms with Crippen LogP contribution in [0, 0.1) is 5.92 Å². The van der Waals surface area contributed by atoms with Gasteiger partial charge < -0.3 is 20.1 Å². The van der Waals surface area contributed by atoms with Crippen molar-refractivity contribution in [2.75, 3.05) is 33.3 Å². The van der Waals surface area contributed by atoms with Gasteiger partial charge in [-0.3, -0.25) is 4.79 Å². The normalized spacial score (nSPS) is 22.4. The molecule has 1 heterocycles. The molecule has 0 radical (unpaired) electrons. The number of sulfonamides is 1. The van der Waals surface area contributed by atoms with Crippen LogP contribution in [0.1, 0.15) is 63.4 Å². The molecular weight excluding hydrogens is 538 g/mol. The molecule has 0 bridgehead atoms. The Labute approximate surface area is 245 Å². The molecule has 2 aromatic carbocycles. The number of nitrogens with one attached hydrogen (secondary N) is 1. The van der Waals surface area contributed by atoms with Gasteiger partial charge in [0.1, 0.15) is 5.75 Å². The molecule has 9 heteroatoms. The van der Waals surface area contributed by atoms with Gasteiger partial charge in [0.05, 0.1) is 23.6 Å². The molecule has 41 heavy (non-hydrogen) atoms. The standard InChI is InChI=1S/C32H45N3O5S/c1-40-29-14-16-30(17-15-29)41(38,39)34(22-26-12-6-7-13-26)23-28(36)24-35-27(20-25-10-4-2-5-11-25)21-33-32(31(35)37)18-8-3-9-19-32/h2,4-5,10-11,14-17,26-28,33,36H,3,6-9,12-13,18-24H2,1H3/t27-,28+/m1/s1. The van der Waals surface area contributed by atoms with Crippen molar-refractivity contribution >= 4 is 15.9 Å². The van der Waals surface area contributed by atoms with Crippen molar-refractivity contribution in [2.45, 2.75) is 86.8 Å². The van der Waals surface area contributed by atoms with Crippen molar-refractivity contribution in [1.82, 2.24) is 14.5 Å². The van der Waals surface area contributed by atoms with Crippen LogP contribution < -0.4 is 10.1 Å². The average Bonchev–Trinajstić information content (AvgIpc) is 3.51. The van der Waals surface area contributed by atoms with Crippen LogP contribution in [0.3, 0.4) is 0 Å². The zero-order chi connectivity index (χ0) is 28.9. The minimum absolute atomic E-state index is 0.0452. The van der Waals surface area contributed by atoms with Gasteiger partial charge in [-0.25, -0.2) is 8.42 Å². The van der Waals surface area contributed by atoms with Gasteiger partial charge in [0.2, 0.25) is 15.9 Å². The summed E-state index contributed by atoms with van der Waals surface area (Å²) < 4.78 is 34.4. The second-order valence-corrected chi connectivity index (χ2v) is 14.1. The Morgan fingerprint density at radius 1 is 1.02 bits per heavy atom. The van der Waals surface area contributed by atoms with Gasteiger partial charge in [-0.1, -0.05) is 62.4 Å². The molecule has 2 saturated carbocycles. The van der Waals surface area contributed by atoms with Crippen LogP contribution in [0.2, 0.25) is 0 Å². The molecule has 2 aromatic rings. The molecule has 3 aliphatic rings. The molecule has 1 saturated heterocycles. The third-order valence-electron chi connectivity index (χ3n) is 9.26. The molecular formula is C32H45N3O5S. The summed E-state index contributed by atoms with van der Waals surface area (Å²) in [4.78, 5) is 16.1. The highest BCUT2D eigenvalue weighted by molar-refractivity contribution is 7.89. The number of methoxy groups -OCH3 is 1. The fourth-order valence-corrected chi connectivity index (χ4v) is 8.51. The summed E-state index contributed by atoms with van der Waals surface area (Å²) in [6, 6.07) is 16.4. The number of benzene rings is 2. The Kier molecular flexibility index (Phi) is 9.69. The highest BCUT2D eigenvalue weighted by atomic mass is 32.2. The lowest BCUT2D eigenvalue weighted by atomic mass is 9.78. The van der Waals surface area contributed by atoms with Crippen LogP contribution in [0.4, 0.5) is 0 Å². The summed E-state index contributed by atoms with van der Waals surface area (Å²) in [5.74, 6) is 0.904. The summed E-state index contributed by atoms with van der Waals surface area (Å²) in [5, 5.41) is 15.1. The van der Waals surface area contributed by atoms with Gasteiger partial charge in [-0.2, -0.15) is 4.31 Å².